The highest BCUT2D eigenvalue weighted by Gasteiger charge is 2.40. The molecule has 0 atom stereocenters. The van der Waals surface area contributed by atoms with Crippen LogP contribution in [0, 0.1) is 20.2 Å². The van der Waals surface area contributed by atoms with E-state index >= 15 is 0 Å². The van der Waals surface area contributed by atoms with Gasteiger partial charge in [0.15, 0.2) is 11.6 Å². The average Bonchev–Trinajstić information content (AvgIpc) is 3.03. The molecule has 0 saturated carbocycles. The molecule has 4 aromatic carbocycles. The van der Waals surface area contributed by atoms with E-state index in [0.29, 0.717) is 0 Å². The quantitative estimate of drug-likeness (QED) is 0.226. The first-order chi connectivity index (χ1) is 21.0. The highest BCUT2D eigenvalue weighted by Crippen LogP contribution is 2.37. The second-order valence-electron chi connectivity index (χ2n) is 9.60. The predicted octanol–water partition coefficient (Wildman–Crippen LogP) is 3.13. The first kappa shape index (κ1) is 27.5. The summed E-state index contributed by atoms with van der Waals surface area (Å²) in [6.45, 7) is 0. The molecule has 2 aliphatic rings. The number of nitro groups is 2. The molecule has 0 saturated heterocycles. The molecule has 0 heterocycles. The molecule has 0 bridgehead atoms. The highest BCUT2D eigenvalue weighted by molar-refractivity contribution is 6.31. The minimum Gasteiger partial charge on any atom is -0.289 e. The fourth-order valence-electron chi connectivity index (χ4n) is 5.33. The standard InChI is InChI=1S/C30H14N4O10/c35-25-13-5-1-3-7-15(13)27(37)21-17(25)9-11-19(23(21)33(41)42)29(39)31-32-30(40)20-12-10-18-22(24(20)34(43)44)28(38)16-8-4-2-6-14(16)26(18)36/h1-12H,(H,31,39)(H,32,40). The summed E-state index contributed by atoms with van der Waals surface area (Å²) in [7, 11) is 0. The normalized spacial score (nSPS) is 12.8. The van der Waals surface area contributed by atoms with Gasteiger partial charge in [-0.05, 0) is 24.3 Å². The van der Waals surface area contributed by atoms with Crippen molar-refractivity contribution in [1.29, 1.82) is 0 Å². The van der Waals surface area contributed by atoms with Crippen LogP contribution in [0.2, 0.25) is 0 Å². The topological polar surface area (TPSA) is 213 Å². The van der Waals surface area contributed by atoms with Gasteiger partial charge in [-0.15, -0.1) is 0 Å². The first-order valence-corrected chi connectivity index (χ1v) is 12.6. The summed E-state index contributed by atoms with van der Waals surface area (Å²) >= 11 is 0. The molecule has 0 aliphatic heterocycles. The number of carbonyl (C=O) groups is 6. The van der Waals surface area contributed by atoms with E-state index in [1.165, 1.54) is 48.5 Å². The van der Waals surface area contributed by atoms with Gasteiger partial charge in [-0.3, -0.25) is 59.8 Å². The number of ketones is 4. The number of hydrogen-bond acceptors (Lipinski definition) is 10. The molecule has 0 spiro atoms. The Morgan fingerprint density at radius 1 is 0.477 bits per heavy atom. The van der Waals surface area contributed by atoms with Gasteiger partial charge >= 0.3 is 0 Å². The van der Waals surface area contributed by atoms with Crippen molar-refractivity contribution in [2.24, 2.45) is 0 Å². The van der Waals surface area contributed by atoms with Crippen molar-refractivity contribution in [1.82, 2.24) is 10.9 Å². The summed E-state index contributed by atoms with van der Waals surface area (Å²) in [5, 5.41) is 24.1. The van der Waals surface area contributed by atoms with Crippen molar-refractivity contribution >= 4 is 46.3 Å². The largest absolute Gasteiger partial charge is 0.294 e. The number of amides is 2. The molecule has 6 rings (SSSR count). The molecule has 44 heavy (non-hydrogen) atoms. The van der Waals surface area contributed by atoms with Gasteiger partial charge in [-0.25, -0.2) is 0 Å². The van der Waals surface area contributed by atoms with Gasteiger partial charge in [-0.2, -0.15) is 0 Å². The van der Waals surface area contributed by atoms with Crippen LogP contribution in [0.4, 0.5) is 11.4 Å². The van der Waals surface area contributed by atoms with Crippen molar-refractivity contribution in [3.05, 3.63) is 149 Å². The minimum atomic E-state index is -1.28. The van der Waals surface area contributed by atoms with Crippen molar-refractivity contribution in [2.75, 3.05) is 0 Å². The van der Waals surface area contributed by atoms with E-state index in [1.54, 1.807) is 0 Å². The Labute approximate surface area is 244 Å². The number of carbonyl (C=O) groups excluding carboxylic acids is 6. The average molecular weight is 590 g/mol. The van der Waals surface area contributed by atoms with E-state index in [0.717, 1.165) is 24.3 Å². The SMILES string of the molecule is O=C1c2ccccc2C(=O)c2c1ccc(C(=O)NNC(=O)c1ccc3c(c1[N+](=O)[O-])C(=O)c1ccccc1C3=O)c2[N+](=O)[O-]. The van der Waals surface area contributed by atoms with Gasteiger partial charge in [0.05, 0.1) is 9.85 Å². The molecular weight excluding hydrogens is 576 g/mol. The zero-order valence-electron chi connectivity index (χ0n) is 21.9. The number of nitrogens with zero attached hydrogens (tertiary/aromatic N) is 2. The number of fused-ring (bicyclic) bond motifs is 4. The maximum atomic E-state index is 13.2. The lowest BCUT2D eigenvalue weighted by Gasteiger charge is -2.19. The Balaban J connectivity index is 1.33. The molecule has 2 N–H and O–H groups in total. The van der Waals surface area contributed by atoms with Crippen LogP contribution >= 0.6 is 0 Å². The van der Waals surface area contributed by atoms with Crippen molar-refractivity contribution in [2.45, 2.75) is 0 Å². The van der Waals surface area contributed by atoms with Crippen molar-refractivity contribution in [3.8, 4) is 0 Å². The predicted molar refractivity (Wildman–Crippen MR) is 148 cm³/mol. The molecule has 2 amide bonds. The molecule has 4 aromatic rings. The Bertz CT molecular complexity index is 1950. The summed E-state index contributed by atoms with van der Waals surface area (Å²) in [5.41, 5.74) is -1.39. The molecular formula is C30H14N4O10. The highest BCUT2D eigenvalue weighted by atomic mass is 16.6. The Hall–Kier alpha value is -6.70. The van der Waals surface area contributed by atoms with Gasteiger partial charge in [0.1, 0.15) is 22.3 Å². The maximum Gasteiger partial charge on any atom is 0.294 e. The van der Waals surface area contributed by atoms with E-state index in [2.05, 4.69) is 0 Å². The van der Waals surface area contributed by atoms with Gasteiger partial charge < -0.3 is 0 Å². The minimum absolute atomic E-state index is 0.0408. The summed E-state index contributed by atoms with van der Waals surface area (Å²) < 4.78 is 0. The fourth-order valence-corrected chi connectivity index (χ4v) is 5.33. The third kappa shape index (κ3) is 3.97. The van der Waals surface area contributed by atoms with E-state index in [-0.39, 0.29) is 33.4 Å². The molecule has 0 radical (unpaired) electrons. The van der Waals surface area contributed by atoms with Crippen LogP contribution in [0.1, 0.15) is 84.4 Å². The third-order valence-electron chi connectivity index (χ3n) is 7.28. The van der Waals surface area contributed by atoms with Gasteiger partial charge in [-0.1, -0.05) is 48.5 Å². The molecule has 2 aliphatic carbocycles. The van der Waals surface area contributed by atoms with E-state index in [4.69, 9.17) is 0 Å². The van der Waals surface area contributed by atoms with Crippen molar-refractivity contribution < 1.29 is 38.6 Å². The lowest BCUT2D eigenvalue weighted by Crippen LogP contribution is -2.42. The summed E-state index contributed by atoms with van der Waals surface area (Å²) in [4.78, 5) is 100. The van der Waals surface area contributed by atoms with Crippen LogP contribution in [0.15, 0.2) is 72.8 Å². The lowest BCUT2D eigenvalue weighted by atomic mass is 9.82. The van der Waals surface area contributed by atoms with E-state index < -0.39 is 78.4 Å². The van der Waals surface area contributed by atoms with Crippen LogP contribution < -0.4 is 10.9 Å². The second-order valence-corrected chi connectivity index (χ2v) is 9.60. The Morgan fingerprint density at radius 2 is 0.795 bits per heavy atom. The number of rotatable bonds is 4. The summed E-state index contributed by atoms with van der Waals surface area (Å²) in [6, 6.07) is 15.4. The van der Waals surface area contributed by atoms with Gasteiger partial charge in [0.2, 0.25) is 11.6 Å². The fraction of sp³-hybridized carbons (Fsp3) is 0. The number of nitro benzene ring substituents is 2. The van der Waals surface area contributed by atoms with Gasteiger partial charge in [0.25, 0.3) is 23.2 Å². The number of nitrogens with one attached hydrogen (secondary N) is 2. The zero-order valence-corrected chi connectivity index (χ0v) is 21.9. The van der Waals surface area contributed by atoms with E-state index in [1.807, 2.05) is 10.9 Å². The Morgan fingerprint density at radius 3 is 1.11 bits per heavy atom. The summed E-state index contributed by atoms with van der Waals surface area (Å²) in [5.74, 6) is -5.60. The Kier molecular flexibility index (Phi) is 6.23. The molecule has 214 valence electrons. The second kappa shape index (κ2) is 9.99. The molecule has 0 fully saturated rings. The monoisotopic (exact) mass is 590 g/mol. The number of benzene rings is 4. The molecule has 14 nitrogen and oxygen atoms in total. The smallest absolute Gasteiger partial charge is 0.289 e. The van der Waals surface area contributed by atoms with Crippen LogP contribution in [0.25, 0.3) is 0 Å². The zero-order chi connectivity index (χ0) is 31.4. The van der Waals surface area contributed by atoms with Crippen LogP contribution in [0.5, 0.6) is 0 Å². The van der Waals surface area contributed by atoms with Crippen LogP contribution in [-0.2, 0) is 0 Å². The maximum absolute atomic E-state index is 13.2. The summed E-state index contributed by atoms with van der Waals surface area (Å²) in [6.07, 6.45) is 0. The van der Waals surface area contributed by atoms with Gasteiger partial charge in [0, 0.05) is 33.4 Å². The number of hydrazine groups is 1. The molecule has 0 unspecified atom stereocenters. The molecule has 14 heteroatoms. The van der Waals surface area contributed by atoms with Crippen LogP contribution in [-0.4, -0.2) is 44.8 Å². The molecule has 0 aromatic heterocycles. The van der Waals surface area contributed by atoms with E-state index in [9.17, 15) is 49.0 Å². The first-order valence-electron chi connectivity index (χ1n) is 12.6. The third-order valence-corrected chi connectivity index (χ3v) is 7.28. The lowest BCUT2D eigenvalue weighted by molar-refractivity contribution is -0.385. The number of hydrogen-bond donors (Lipinski definition) is 2. The van der Waals surface area contributed by atoms with Crippen molar-refractivity contribution in [3.63, 3.8) is 0 Å². The van der Waals surface area contributed by atoms with Crippen LogP contribution in [0.3, 0.4) is 0 Å².